The highest BCUT2D eigenvalue weighted by Crippen LogP contribution is 2.32. The topological polar surface area (TPSA) is 24.5 Å². The maximum atomic E-state index is 5.37. The molecule has 1 saturated heterocycles. The van der Waals surface area contributed by atoms with E-state index >= 15 is 0 Å². The van der Waals surface area contributed by atoms with E-state index in [4.69, 9.17) is 4.74 Å². The van der Waals surface area contributed by atoms with Gasteiger partial charge in [-0.25, -0.2) is 0 Å². The molecule has 3 nitrogen and oxygen atoms in total. The number of aryl methyl sites for hydroxylation is 1. The molecule has 1 atom stereocenters. The number of halogens is 1. The molecule has 1 aromatic rings. The summed E-state index contributed by atoms with van der Waals surface area (Å²) >= 11 is 3.55. The summed E-state index contributed by atoms with van der Waals surface area (Å²) in [6, 6.07) is 7.22. The number of hydrogen-bond donors (Lipinski definition) is 1. The number of hydrogen-bond acceptors (Lipinski definition) is 3. The van der Waals surface area contributed by atoms with Gasteiger partial charge in [-0.1, -0.05) is 22.0 Å². The molecule has 1 N–H and O–H groups in total. The Balaban J connectivity index is 1.49. The predicted octanol–water partition coefficient (Wildman–Crippen LogP) is 2.36. The molecule has 1 aliphatic heterocycles. The molecule has 19 heavy (non-hydrogen) atoms. The molecule has 104 valence electrons. The maximum absolute atomic E-state index is 5.37. The lowest BCUT2D eigenvalue weighted by molar-refractivity contribution is 0.0381. The monoisotopic (exact) mass is 324 g/mol. The number of nitrogens with zero attached hydrogens (tertiary/aromatic N) is 1. The lowest BCUT2D eigenvalue weighted by Gasteiger charge is -2.27. The number of ether oxygens (including phenoxy) is 1. The van der Waals surface area contributed by atoms with Crippen LogP contribution in [0.2, 0.25) is 0 Å². The van der Waals surface area contributed by atoms with Crippen molar-refractivity contribution >= 4 is 15.9 Å². The van der Waals surface area contributed by atoms with Gasteiger partial charge in [0.05, 0.1) is 13.2 Å². The zero-order valence-corrected chi connectivity index (χ0v) is 12.8. The fourth-order valence-electron chi connectivity index (χ4n) is 3.02. The number of benzene rings is 1. The van der Waals surface area contributed by atoms with E-state index in [9.17, 15) is 0 Å². The van der Waals surface area contributed by atoms with Crippen LogP contribution in [0.3, 0.4) is 0 Å². The highest BCUT2D eigenvalue weighted by Gasteiger charge is 2.22. The minimum absolute atomic E-state index is 0.546. The Bertz CT molecular complexity index is 432. The molecule has 0 unspecified atom stereocenters. The molecule has 4 heteroatoms. The van der Waals surface area contributed by atoms with Gasteiger partial charge in [0.25, 0.3) is 0 Å². The molecule has 1 aromatic carbocycles. The van der Waals surface area contributed by atoms with E-state index in [0.717, 1.165) is 39.4 Å². The molecular weight excluding hydrogens is 304 g/mol. The zero-order chi connectivity index (χ0) is 13.1. The van der Waals surface area contributed by atoms with Crippen molar-refractivity contribution < 1.29 is 4.74 Å². The number of rotatable bonds is 4. The van der Waals surface area contributed by atoms with Gasteiger partial charge in [0, 0.05) is 36.7 Å². The Morgan fingerprint density at radius 3 is 3.00 bits per heavy atom. The number of fused-ring (bicyclic) bond motifs is 1. The Hall–Kier alpha value is -0.420. The standard InChI is InChI=1S/C15H21BrN2O/c16-13-2-3-14-12(11-13)1-4-15(14)17-5-6-18-7-9-19-10-8-18/h2-3,11,15,17H,1,4-10H2/t15-/m1/s1. The van der Waals surface area contributed by atoms with Crippen LogP contribution in [0.25, 0.3) is 0 Å². The van der Waals surface area contributed by atoms with E-state index in [2.05, 4.69) is 44.3 Å². The minimum atomic E-state index is 0.546. The van der Waals surface area contributed by atoms with Gasteiger partial charge in [-0.2, -0.15) is 0 Å². The van der Waals surface area contributed by atoms with Crippen molar-refractivity contribution in [3.8, 4) is 0 Å². The van der Waals surface area contributed by atoms with E-state index in [-0.39, 0.29) is 0 Å². The summed E-state index contributed by atoms with van der Waals surface area (Å²) in [5.74, 6) is 0. The summed E-state index contributed by atoms with van der Waals surface area (Å²) in [6.45, 7) is 6.14. The first-order chi connectivity index (χ1) is 9.33. The molecule has 1 fully saturated rings. The average Bonchev–Trinajstić information content (AvgIpc) is 2.82. The van der Waals surface area contributed by atoms with Gasteiger partial charge in [0.2, 0.25) is 0 Å². The molecule has 2 aliphatic rings. The molecule has 0 spiro atoms. The first-order valence-electron chi connectivity index (χ1n) is 7.15. The van der Waals surface area contributed by atoms with Gasteiger partial charge in [-0.3, -0.25) is 4.90 Å². The smallest absolute Gasteiger partial charge is 0.0594 e. The first kappa shape index (κ1) is 13.6. The van der Waals surface area contributed by atoms with Crippen molar-refractivity contribution in [3.63, 3.8) is 0 Å². The molecule has 0 amide bonds. The average molecular weight is 325 g/mol. The maximum Gasteiger partial charge on any atom is 0.0594 e. The van der Waals surface area contributed by atoms with E-state index < -0.39 is 0 Å². The van der Waals surface area contributed by atoms with Crippen LogP contribution in [0.4, 0.5) is 0 Å². The normalized spacial score (nSPS) is 23.5. The lowest BCUT2D eigenvalue weighted by Crippen LogP contribution is -2.40. The lowest BCUT2D eigenvalue weighted by atomic mass is 10.1. The highest BCUT2D eigenvalue weighted by molar-refractivity contribution is 9.10. The fraction of sp³-hybridized carbons (Fsp3) is 0.600. The summed E-state index contributed by atoms with van der Waals surface area (Å²) in [5.41, 5.74) is 2.99. The van der Waals surface area contributed by atoms with Crippen molar-refractivity contribution in [3.05, 3.63) is 33.8 Å². The van der Waals surface area contributed by atoms with E-state index in [1.807, 2.05) is 0 Å². The second kappa shape index (κ2) is 6.35. The fourth-order valence-corrected chi connectivity index (χ4v) is 3.43. The van der Waals surface area contributed by atoms with Crippen LogP contribution in [0, 0.1) is 0 Å². The van der Waals surface area contributed by atoms with Crippen LogP contribution in [-0.4, -0.2) is 44.3 Å². The largest absolute Gasteiger partial charge is 0.379 e. The Labute approximate surface area is 123 Å². The van der Waals surface area contributed by atoms with Crippen LogP contribution < -0.4 is 5.32 Å². The quantitative estimate of drug-likeness (QED) is 0.920. The Morgan fingerprint density at radius 2 is 2.16 bits per heavy atom. The second-order valence-electron chi connectivity index (χ2n) is 5.34. The van der Waals surface area contributed by atoms with Crippen molar-refractivity contribution in [1.82, 2.24) is 10.2 Å². The third kappa shape index (κ3) is 3.37. The number of morpholine rings is 1. The predicted molar refractivity (Wildman–Crippen MR) is 80.5 cm³/mol. The number of nitrogens with one attached hydrogen (secondary N) is 1. The minimum Gasteiger partial charge on any atom is -0.379 e. The third-order valence-electron chi connectivity index (χ3n) is 4.11. The Kier molecular flexibility index (Phi) is 4.53. The van der Waals surface area contributed by atoms with E-state index in [1.165, 1.54) is 28.4 Å². The van der Waals surface area contributed by atoms with Crippen molar-refractivity contribution in [2.75, 3.05) is 39.4 Å². The molecule has 0 radical (unpaired) electrons. The third-order valence-corrected chi connectivity index (χ3v) is 4.60. The van der Waals surface area contributed by atoms with Crippen LogP contribution in [0.1, 0.15) is 23.6 Å². The summed E-state index contributed by atoms with van der Waals surface area (Å²) in [7, 11) is 0. The molecule has 0 bridgehead atoms. The first-order valence-corrected chi connectivity index (χ1v) is 7.94. The summed E-state index contributed by atoms with van der Waals surface area (Å²) in [4.78, 5) is 2.48. The molecule has 1 aliphatic carbocycles. The van der Waals surface area contributed by atoms with Crippen LogP contribution in [-0.2, 0) is 11.2 Å². The highest BCUT2D eigenvalue weighted by atomic mass is 79.9. The molecule has 3 rings (SSSR count). The van der Waals surface area contributed by atoms with Gasteiger partial charge >= 0.3 is 0 Å². The molecular formula is C15H21BrN2O. The van der Waals surface area contributed by atoms with Crippen LogP contribution in [0.15, 0.2) is 22.7 Å². The summed E-state index contributed by atoms with van der Waals surface area (Å²) in [5, 5.41) is 3.71. The second-order valence-corrected chi connectivity index (χ2v) is 6.26. The molecule has 0 saturated carbocycles. The van der Waals surface area contributed by atoms with Gasteiger partial charge in [-0.15, -0.1) is 0 Å². The zero-order valence-electron chi connectivity index (χ0n) is 11.2. The van der Waals surface area contributed by atoms with Crippen molar-refractivity contribution in [2.24, 2.45) is 0 Å². The van der Waals surface area contributed by atoms with Gasteiger partial charge in [0.1, 0.15) is 0 Å². The van der Waals surface area contributed by atoms with E-state index in [1.54, 1.807) is 0 Å². The molecule has 0 aromatic heterocycles. The van der Waals surface area contributed by atoms with Gasteiger partial charge in [-0.05, 0) is 36.1 Å². The van der Waals surface area contributed by atoms with Crippen LogP contribution >= 0.6 is 15.9 Å². The van der Waals surface area contributed by atoms with Crippen LogP contribution in [0.5, 0.6) is 0 Å². The Morgan fingerprint density at radius 1 is 1.32 bits per heavy atom. The SMILES string of the molecule is Brc1ccc2c(c1)CC[C@H]2NCCN1CCOCC1. The van der Waals surface area contributed by atoms with Gasteiger partial charge < -0.3 is 10.1 Å². The summed E-state index contributed by atoms with van der Waals surface area (Å²) in [6.07, 6.45) is 2.43. The van der Waals surface area contributed by atoms with E-state index in [0.29, 0.717) is 6.04 Å². The van der Waals surface area contributed by atoms with Gasteiger partial charge in [0.15, 0.2) is 0 Å². The summed E-state index contributed by atoms with van der Waals surface area (Å²) < 4.78 is 6.57. The van der Waals surface area contributed by atoms with Crippen molar-refractivity contribution in [2.45, 2.75) is 18.9 Å². The molecule has 1 heterocycles. The van der Waals surface area contributed by atoms with Crippen molar-refractivity contribution in [1.29, 1.82) is 0 Å².